The van der Waals surface area contributed by atoms with Gasteiger partial charge in [0.25, 0.3) is 5.91 Å². The van der Waals surface area contributed by atoms with Crippen molar-refractivity contribution in [1.82, 2.24) is 9.99 Å². The first-order valence-electron chi connectivity index (χ1n) is 8.70. The monoisotopic (exact) mass is 373 g/mol. The average Bonchev–Trinajstić information content (AvgIpc) is 3.31. The molecule has 0 atom stereocenters. The summed E-state index contributed by atoms with van der Waals surface area (Å²) in [6, 6.07) is 10.2. The van der Waals surface area contributed by atoms with Crippen molar-refractivity contribution in [1.29, 1.82) is 0 Å². The number of carbonyl (C=O) groups excluding carboxylic acids is 1. The number of nitrogens with one attached hydrogen (secondary N) is 1. The molecule has 1 aromatic carbocycles. The minimum atomic E-state index is -3.25. The highest BCUT2D eigenvalue weighted by Crippen LogP contribution is 2.29. The van der Waals surface area contributed by atoms with E-state index in [0.29, 0.717) is 16.3 Å². The topological polar surface area (TPSA) is 80.5 Å². The van der Waals surface area contributed by atoms with Gasteiger partial charge in [0.15, 0.2) is 9.84 Å². The van der Waals surface area contributed by atoms with Gasteiger partial charge >= 0.3 is 0 Å². The van der Waals surface area contributed by atoms with E-state index >= 15 is 0 Å². The van der Waals surface area contributed by atoms with Gasteiger partial charge in [0.2, 0.25) is 0 Å². The van der Waals surface area contributed by atoms with Gasteiger partial charge < -0.3 is 4.57 Å². The standard InChI is InChI=1S/C19H23N3O3S/c1-14(20-21-19(23)18-8-5-13-22(18)2)15-9-11-17(12-10-15)26(24,25)16-6-3-4-7-16/h5,8-13,16H,3-4,6-7H2,1-2H3,(H,21,23). The van der Waals surface area contributed by atoms with Crippen molar-refractivity contribution in [2.45, 2.75) is 42.8 Å². The van der Waals surface area contributed by atoms with Crippen LogP contribution in [0.3, 0.4) is 0 Å². The molecule has 3 rings (SSSR count). The fourth-order valence-corrected chi connectivity index (χ4v) is 5.08. The van der Waals surface area contributed by atoms with Gasteiger partial charge in [0.1, 0.15) is 5.69 Å². The average molecular weight is 373 g/mol. The van der Waals surface area contributed by atoms with E-state index in [1.165, 1.54) is 0 Å². The van der Waals surface area contributed by atoms with Crippen LogP contribution in [0.5, 0.6) is 0 Å². The molecule has 7 heteroatoms. The lowest BCUT2D eigenvalue weighted by Gasteiger charge is -2.11. The van der Waals surface area contributed by atoms with Crippen LogP contribution in [-0.4, -0.2) is 29.9 Å². The maximum atomic E-state index is 12.6. The van der Waals surface area contributed by atoms with Crippen molar-refractivity contribution in [2.75, 3.05) is 0 Å². The summed E-state index contributed by atoms with van der Waals surface area (Å²) in [4.78, 5) is 12.4. The predicted octanol–water partition coefficient (Wildman–Crippen LogP) is 2.90. The van der Waals surface area contributed by atoms with Crippen LogP contribution >= 0.6 is 0 Å². The number of rotatable bonds is 5. The number of hydrogen-bond acceptors (Lipinski definition) is 4. The van der Waals surface area contributed by atoms with Crippen LogP contribution in [0.15, 0.2) is 52.6 Å². The minimum Gasteiger partial charge on any atom is -0.347 e. The molecule has 0 saturated heterocycles. The Labute approximate surface area is 153 Å². The third-order valence-electron chi connectivity index (χ3n) is 4.84. The molecule has 1 aliphatic carbocycles. The molecule has 26 heavy (non-hydrogen) atoms. The number of amides is 1. The van der Waals surface area contributed by atoms with Crippen molar-refractivity contribution >= 4 is 21.5 Å². The van der Waals surface area contributed by atoms with Crippen LogP contribution in [0.25, 0.3) is 0 Å². The maximum Gasteiger partial charge on any atom is 0.287 e. The summed E-state index contributed by atoms with van der Waals surface area (Å²) in [6.45, 7) is 1.77. The predicted molar refractivity (Wildman–Crippen MR) is 101 cm³/mol. The summed E-state index contributed by atoms with van der Waals surface area (Å²) in [6.07, 6.45) is 5.24. The quantitative estimate of drug-likeness (QED) is 0.646. The normalized spacial score (nSPS) is 16.0. The van der Waals surface area contributed by atoms with Crippen LogP contribution < -0.4 is 5.43 Å². The Bertz CT molecular complexity index is 921. The zero-order valence-corrected chi connectivity index (χ0v) is 15.8. The van der Waals surface area contributed by atoms with E-state index in [9.17, 15) is 13.2 Å². The molecule has 1 N–H and O–H groups in total. The molecule has 0 aliphatic heterocycles. The first-order chi connectivity index (χ1) is 12.4. The maximum absolute atomic E-state index is 12.6. The zero-order chi connectivity index (χ0) is 18.7. The molecule has 0 unspecified atom stereocenters. The summed E-state index contributed by atoms with van der Waals surface area (Å²) in [5, 5.41) is 3.86. The molecular weight excluding hydrogens is 350 g/mol. The number of hydrazone groups is 1. The van der Waals surface area contributed by atoms with Gasteiger partial charge in [0, 0.05) is 13.2 Å². The first-order valence-corrected chi connectivity index (χ1v) is 10.2. The van der Waals surface area contributed by atoms with E-state index in [1.54, 1.807) is 61.1 Å². The van der Waals surface area contributed by atoms with Crippen LogP contribution in [0.2, 0.25) is 0 Å². The number of carbonyl (C=O) groups is 1. The van der Waals surface area contributed by atoms with Crippen LogP contribution in [0.1, 0.15) is 48.7 Å². The van der Waals surface area contributed by atoms with Gasteiger partial charge in [-0.3, -0.25) is 4.79 Å². The van der Waals surface area contributed by atoms with E-state index in [1.807, 2.05) is 0 Å². The number of hydrogen-bond donors (Lipinski definition) is 1. The smallest absolute Gasteiger partial charge is 0.287 e. The Kier molecular flexibility index (Phi) is 5.27. The number of aryl methyl sites for hydroxylation is 1. The lowest BCUT2D eigenvalue weighted by atomic mass is 10.1. The molecule has 138 valence electrons. The number of benzene rings is 1. The Morgan fingerprint density at radius 3 is 2.38 bits per heavy atom. The Morgan fingerprint density at radius 1 is 1.15 bits per heavy atom. The van der Waals surface area contributed by atoms with Gasteiger partial charge in [-0.05, 0) is 49.6 Å². The highest BCUT2D eigenvalue weighted by atomic mass is 32.2. The molecule has 0 radical (unpaired) electrons. The second kappa shape index (κ2) is 7.45. The van der Waals surface area contributed by atoms with Gasteiger partial charge in [-0.25, -0.2) is 13.8 Å². The highest BCUT2D eigenvalue weighted by Gasteiger charge is 2.30. The minimum absolute atomic E-state index is 0.257. The van der Waals surface area contributed by atoms with E-state index in [0.717, 1.165) is 31.2 Å². The van der Waals surface area contributed by atoms with Gasteiger partial charge in [0.05, 0.1) is 15.9 Å². The fourth-order valence-electron chi connectivity index (χ4n) is 3.23. The molecule has 0 bridgehead atoms. The first kappa shape index (κ1) is 18.4. The molecular formula is C19H23N3O3S. The van der Waals surface area contributed by atoms with Crippen molar-refractivity contribution in [3.8, 4) is 0 Å². The molecule has 1 amide bonds. The van der Waals surface area contributed by atoms with Crippen molar-refractivity contribution in [3.05, 3.63) is 53.9 Å². The summed E-state index contributed by atoms with van der Waals surface area (Å²) >= 11 is 0. The lowest BCUT2D eigenvalue weighted by molar-refractivity contribution is 0.0946. The molecule has 1 heterocycles. The van der Waals surface area contributed by atoms with Crippen molar-refractivity contribution in [3.63, 3.8) is 0 Å². The second-order valence-corrected chi connectivity index (χ2v) is 8.85. The zero-order valence-electron chi connectivity index (χ0n) is 15.0. The van der Waals surface area contributed by atoms with Crippen LogP contribution in [0.4, 0.5) is 0 Å². The highest BCUT2D eigenvalue weighted by molar-refractivity contribution is 7.92. The Hall–Kier alpha value is -2.41. The Balaban J connectivity index is 1.71. The van der Waals surface area contributed by atoms with Crippen LogP contribution in [0, 0.1) is 0 Å². The molecule has 0 spiro atoms. The van der Waals surface area contributed by atoms with E-state index in [2.05, 4.69) is 10.5 Å². The van der Waals surface area contributed by atoms with Crippen LogP contribution in [-0.2, 0) is 16.9 Å². The molecule has 6 nitrogen and oxygen atoms in total. The molecule has 1 aliphatic rings. The van der Waals surface area contributed by atoms with E-state index in [-0.39, 0.29) is 11.2 Å². The number of nitrogens with zero attached hydrogens (tertiary/aromatic N) is 2. The summed E-state index contributed by atoms with van der Waals surface area (Å²) in [5.41, 5.74) is 4.41. The third-order valence-corrected chi connectivity index (χ3v) is 7.12. The number of aromatic nitrogens is 1. The largest absolute Gasteiger partial charge is 0.347 e. The summed E-state index contributed by atoms with van der Waals surface area (Å²) < 4.78 is 26.9. The van der Waals surface area contributed by atoms with Gasteiger partial charge in [-0.1, -0.05) is 25.0 Å². The van der Waals surface area contributed by atoms with Crippen molar-refractivity contribution < 1.29 is 13.2 Å². The van der Waals surface area contributed by atoms with Gasteiger partial charge in [-0.15, -0.1) is 0 Å². The Morgan fingerprint density at radius 2 is 1.81 bits per heavy atom. The van der Waals surface area contributed by atoms with E-state index in [4.69, 9.17) is 0 Å². The third kappa shape index (κ3) is 3.72. The van der Waals surface area contributed by atoms with Gasteiger partial charge in [-0.2, -0.15) is 5.10 Å². The molecule has 2 aromatic rings. The molecule has 1 saturated carbocycles. The lowest BCUT2D eigenvalue weighted by Crippen LogP contribution is -2.21. The second-order valence-electron chi connectivity index (χ2n) is 6.62. The van der Waals surface area contributed by atoms with E-state index < -0.39 is 9.84 Å². The summed E-state index contributed by atoms with van der Waals surface area (Å²) in [5.74, 6) is -0.294. The molecule has 1 aromatic heterocycles. The summed E-state index contributed by atoms with van der Waals surface area (Å²) in [7, 11) is -1.47. The van der Waals surface area contributed by atoms with Crippen molar-refractivity contribution in [2.24, 2.45) is 12.1 Å². The fraction of sp³-hybridized carbons (Fsp3) is 0.368. The molecule has 1 fully saturated rings. The SMILES string of the molecule is CC(=NNC(=O)c1cccn1C)c1ccc(S(=O)(=O)C2CCCC2)cc1. The number of sulfone groups is 1.